The van der Waals surface area contributed by atoms with Gasteiger partial charge < -0.3 is 11.2 Å². The van der Waals surface area contributed by atoms with E-state index in [2.05, 4.69) is 27.8 Å². The Balaban J connectivity index is 1.47. The van der Waals surface area contributed by atoms with Gasteiger partial charge in [-0.1, -0.05) is 37.6 Å². The van der Waals surface area contributed by atoms with E-state index in [9.17, 15) is 9.59 Å². The lowest BCUT2D eigenvalue weighted by atomic mass is 9.86. The molecule has 1 aliphatic carbocycles. The molecule has 4 N–H and O–H groups in total. The van der Waals surface area contributed by atoms with Crippen LogP contribution in [0.1, 0.15) is 32.6 Å². The number of rotatable bonds is 5. The number of carbonyl (C=O) groups excluding carboxylic acids is 2. The Morgan fingerprint density at radius 3 is 2.92 bits per heavy atom. The molecule has 0 spiro atoms. The average molecular weight is 395 g/mol. The van der Waals surface area contributed by atoms with Crippen LogP contribution in [0.15, 0.2) is 22.7 Å². The molecule has 0 aliphatic heterocycles. The number of nitrogen functional groups attached to an aromatic ring is 1. The van der Waals surface area contributed by atoms with Crippen LogP contribution in [0.25, 0.3) is 10.7 Å². The molecule has 1 saturated carbocycles. The van der Waals surface area contributed by atoms with Crippen LogP contribution in [-0.2, 0) is 4.79 Å². The van der Waals surface area contributed by atoms with Crippen molar-refractivity contribution < 1.29 is 9.59 Å². The van der Waals surface area contributed by atoms with Crippen molar-refractivity contribution in [3.8, 4) is 10.7 Å². The van der Waals surface area contributed by atoms with Gasteiger partial charge in [0.15, 0.2) is 5.82 Å². The molecule has 0 radical (unpaired) electrons. The minimum absolute atomic E-state index is 0.0351. The Morgan fingerprint density at radius 2 is 2.19 bits per heavy atom. The standard InChI is InChI=1S/C16H22N6O2S2/c1-10-5-2-3-6-11(10)18-15(24)19-13(23)9-26-16-21-20-14(22(16)17)12-7-4-8-25-12/h4,7-8,10-11H,2-3,5-6,9,17H2,1H3,(H2,18,19,23,24)/t10-,11+/m0/s1. The van der Waals surface area contributed by atoms with Crippen LogP contribution < -0.4 is 16.5 Å². The van der Waals surface area contributed by atoms with Gasteiger partial charge in [0.2, 0.25) is 11.1 Å². The molecule has 10 heteroatoms. The summed E-state index contributed by atoms with van der Waals surface area (Å²) in [6.07, 6.45) is 4.37. The van der Waals surface area contributed by atoms with Crippen molar-refractivity contribution in [3.05, 3.63) is 17.5 Å². The molecule has 0 aromatic carbocycles. The number of carbonyl (C=O) groups is 2. The molecule has 1 fully saturated rings. The van der Waals surface area contributed by atoms with Crippen LogP contribution in [0.2, 0.25) is 0 Å². The van der Waals surface area contributed by atoms with Crippen LogP contribution in [0.3, 0.4) is 0 Å². The fourth-order valence-electron chi connectivity index (χ4n) is 2.98. The molecule has 2 aromatic rings. The summed E-state index contributed by atoms with van der Waals surface area (Å²) in [6, 6.07) is 3.49. The van der Waals surface area contributed by atoms with E-state index < -0.39 is 11.9 Å². The molecule has 1 aliphatic rings. The van der Waals surface area contributed by atoms with Gasteiger partial charge in [-0.15, -0.1) is 21.5 Å². The highest BCUT2D eigenvalue weighted by molar-refractivity contribution is 7.99. The Labute approximate surface area is 159 Å². The van der Waals surface area contributed by atoms with E-state index >= 15 is 0 Å². The smallest absolute Gasteiger partial charge is 0.321 e. The van der Waals surface area contributed by atoms with Gasteiger partial charge in [-0.3, -0.25) is 10.1 Å². The van der Waals surface area contributed by atoms with Crippen molar-refractivity contribution >= 4 is 35.0 Å². The monoisotopic (exact) mass is 394 g/mol. The first-order valence-corrected chi connectivity index (χ1v) is 10.4. The lowest BCUT2D eigenvalue weighted by molar-refractivity contribution is -0.117. The van der Waals surface area contributed by atoms with E-state index in [0.717, 1.165) is 35.9 Å². The zero-order valence-electron chi connectivity index (χ0n) is 14.5. The van der Waals surface area contributed by atoms with Crippen LogP contribution in [0.4, 0.5) is 4.79 Å². The topological polar surface area (TPSA) is 115 Å². The Hall–Kier alpha value is -2.07. The number of thiophene rings is 1. The minimum atomic E-state index is -0.442. The second-order valence-electron chi connectivity index (χ2n) is 6.33. The molecule has 0 unspecified atom stereocenters. The molecule has 140 valence electrons. The first-order valence-electron chi connectivity index (χ1n) is 8.52. The molecule has 3 amide bonds. The summed E-state index contributed by atoms with van der Waals surface area (Å²) < 4.78 is 1.35. The maximum absolute atomic E-state index is 12.0. The second-order valence-corrected chi connectivity index (χ2v) is 8.22. The maximum atomic E-state index is 12.0. The van der Waals surface area contributed by atoms with Crippen LogP contribution >= 0.6 is 23.1 Å². The van der Waals surface area contributed by atoms with Crippen molar-refractivity contribution in [2.75, 3.05) is 11.6 Å². The molecule has 2 heterocycles. The summed E-state index contributed by atoms with van der Waals surface area (Å²) >= 11 is 2.65. The number of nitrogens with zero attached hydrogens (tertiary/aromatic N) is 3. The van der Waals surface area contributed by atoms with Crippen molar-refractivity contribution in [2.24, 2.45) is 5.92 Å². The molecule has 0 bridgehead atoms. The van der Waals surface area contributed by atoms with E-state index in [1.54, 1.807) is 0 Å². The zero-order valence-corrected chi connectivity index (χ0v) is 16.1. The molecular formula is C16H22N6O2S2. The normalized spacial score (nSPS) is 19.9. The lowest BCUT2D eigenvalue weighted by Gasteiger charge is -2.29. The van der Waals surface area contributed by atoms with Crippen molar-refractivity contribution in [1.29, 1.82) is 0 Å². The van der Waals surface area contributed by atoms with E-state index in [-0.39, 0.29) is 11.8 Å². The van der Waals surface area contributed by atoms with Crippen molar-refractivity contribution in [1.82, 2.24) is 25.5 Å². The highest BCUT2D eigenvalue weighted by Gasteiger charge is 2.23. The van der Waals surface area contributed by atoms with E-state index in [1.807, 2.05) is 17.5 Å². The van der Waals surface area contributed by atoms with Gasteiger partial charge in [0.25, 0.3) is 0 Å². The zero-order chi connectivity index (χ0) is 18.5. The minimum Gasteiger partial charge on any atom is -0.335 e. The number of urea groups is 1. The third-order valence-electron chi connectivity index (χ3n) is 4.42. The highest BCUT2D eigenvalue weighted by Crippen LogP contribution is 2.25. The fraction of sp³-hybridized carbons (Fsp3) is 0.500. The SMILES string of the molecule is C[C@H]1CCCC[C@H]1NC(=O)NC(=O)CSc1nnc(-c2cccs2)n1N. The lowest BCUT2D eigenvalue weighted by Crippen LogP contribution is -2.48. The average Bonchev–Trinajstić information content (AvgIpc) is 3.25. The third kappa shape index (κ3) is 4.55. The van der Waals surface area contributed by atoms with Gasteiger partial charge in [-0.05, 0) is 30.2 Å². The molecular weight excluding hydrogens is 372 g/mol. The number of imide groups is 1. The molecule has 2 atom stereocenters. The number of hydrogen-bond acceptors (Lipinski definition) is 7. The second kappa shape index (κ2) is 8.54. The Bertz CT molecular complexity index is 761. The van der Waals surface area contributed by atoms with Crippen molar-refractivity contribution in [2.45, 2.75) is 43.8 Å². The number of thioether (sulfide) groups is 1. The van der Waals surface area contributed by atoms with Gasteiger partial charge >= 0.3 is 6.03 Å². The highest BCUT2D eigenvalue weighted by atomic mass is 32.2. The molecule has 0 saturated heterocycles. The number of aromatic nitrogens is 3. The molecule has 2 aromatic heterocycles. The summed E-state index contributed by atoms with van der Waals surface area (Å²) in [7, 11) is 0. The number of nitrogens with one attached hydrogen (secondary N) is 2. The molecule has 8 nitrogen and oxygen atoms in total. The summed E-state index contributed by atoms with van der Waals surface area (Å²) in [4.78, 5) is 24.9. The Morgan fingerprint density at radius 1 is 1.38 bits per heavy atom. The summed E-state index contributed by atoms with van der Waals surface area (Å²) in [5.41, 5.74) is 0. The number of amides is 3. The number of hydrogen-bond donors (Lipinski definition) is 3. The largest absolute Gasteiger partial charge is 0.335 e. The predicted molar refractivity (Wildman–Crippen MR) is 102 cm³/mol. The van der Waals surface area contributed by atoms with Gasteiger partial charge in [0.05, 0.1) is 10.6 Å². The molecule has 26 heavy (non-hydrogen) atoms. The van der Waals surface area contributed by atoms with E-state index in [0.29, 0.717) is 16.9 Å². The Kier molecular flexibility index (Phi) is 6.15. The van der Waals surface area contributed by atoms with Crippen LogP contribution in [-0.4, -0.2) is 38.6 Å². The van der Waals surface area contributed by atoms with E-state index in [1.165, 1.54) is 22.4 Å². The van der Waals surface area contributed by atoms with Gasteiger partial charge in [0.1, 0.15) is 0 Å². The summed E-state index contributed by atoms with van der Waals surface area (Å²) in [5.74, 6) is 6.61. The van der Waals surface area contributed by atoms with Gasteiger partial charge in [-0.2, -0.15) is 0 Å². The quantitative estimate of drug-likeness (QED) is 0.529. The molecule has 3 rings (SSSR count). The summed E-state index contributed by atoms with van der Waals surface area (Å²) in [6.45, 7) is 2.13. The van der Waals surface area contributed by atoms with E-state index in [4.69, 9.17) is 5.84 Å². The van der Waals surface area contributed by atoms with Crippen LogP contribution in [0, 0.1) is 5.92 Å². The maximum Gasteiger partial charge on any atom is 0.321 e. The fourth-order valence-corrected chi connectivity index (χ4v) is 4.34. The first-order chi connectivity index (χ1) is 12.5. The third-order valence-corrected chi connectivity index (χ3v) is 6.23. The predicted octanol–water partition coefficient (Wildman–Crippen LogP) is 2.22. The van der Waals surface area contributed by atoms with Crippen LogP contribution in [0.5, 0.6) is 0 Å². The number of nitrogens with two attached hydrogens (primary N) is 1. The van der Waals surface area contributed by atoms with Gasteiger partial charge in [0, 0.05) is 6.04 Å². The van der Waals surface area contributed by atoms with Crippen molar-refractivity contribution in [3.63, 3.8) is 0 Å². The first kappa shape index (κ1) is 18.7. The van der Waals surface area contributed by atoms with Gasteiger partial charge in [-0.25, -0.2) is 9.47 Å². The summed E-state index contributed by atoms with van der Waals surface area (Å²) in [5, 5.41) is 15.7.